The van der Waals surface area contributed by atoms with Crippen LogP contribution in [0.1, 0.15) is 32.1 Å². The van der Waals surface area contributed by atoms with Gasteiger partial charge in [0, 0.05) is 38.1 Å². The van der Waals surface area contributed by atoms with Gasteiger partial charge in [-0.2, -0.15) is 0 Å². The number of aliphatic carboxylic acids is 1. The fraction of sp³-hybridized carbons (Fsp3) is 0.933. The Labute approximate surface area is 120 Å². The molecule has 5 heteroatoms. The van der Waals surface area contributed by atoms with E-state index in [1.54, 1.807) is 0 Å². The van der Waals surface area contributed by atoms with Crippen molar-refractivity contribution in [1.29, 1.82) is 0 Å². The van der Waals surface area contributed by atoms with E-state index in [0.717, 1.165) is 39.1 Å². The number of likely N-dealkylation sites (N-methyl/N-ethyl adjacent to an activating group) is 1. The summed E-state index contributed by atoms with van der Waals surface area (Å²) in [6, 6.07) is 1.18. The van der Waals surface area contributed by atoms with Gasteiger partial charge in [0.15, 0.2) is 0 Å². The molecule has 0 saturated carbocycles. The zero-order valence-corrected chi connectivity index (χ0v) is 12.3. The molecule has 3 aliphatic heterocycles. The lowest BCUT2D eigenvalue weighted by molar-refractivity contribution is -0.138. The molecular formula is C15H26N2O3. The molecule has 0 amide bonds. The standard InChI is InChI=1S/C15H26N2O3/c1-16-4-5-20-14(9-16)10-17-12-2-3-13(17)7-11(6-12)8-15(18)19/h11-14H,2-10H2,1H3,(H,18,19). The van der Waals surface area contributed by atoms with Gasteiger partial charge in [-0.3, -0.25) is 9.69 Å². The van der Waals surface area contributed by atoms with Gasteiger partial charge in [0.1, 0.15) is 0 Å². The van der Waals surface area contributed by atoms with Crippen molar-refractivity contribution >= 4 is 5.97 Å². The Bertz CT molecular complexity index is 349. The number of piperidine rings is 1. The van der Waals surface area contributed by atoms with E-state index in [9.17, 15) is 4.79 Å². The van der Waals surface area contributed by atoms with Gasteiger partial charge in [-0.25, -0.2) is 0 Å². The normalized spacial score (nSPS) is 39.0. The molecule has 0 aromatic heterocycles. The molecule has 3 unspecified atom stereocenters. The molecule has 1 N–H and O–H groups in total. The third kappa shape index (κ3) is 3.15. The molecule has 114 valence electrons. The Hall–Kier alpha value is -0.650. The first kappa shape index (κ1) is 14.3. The fourth-order valence-corrected chi connectivity index (χ4v) is 4.31. The third-order valence-corrected chi connectivity index (χ3v) is 5.20. The van der Waals surface area contributed by atoms with Gasteiger partial charge in [0.05, 0.1) is 12.7 Å². The molecule has 3 saturated heterocycles. The fourth-order valence-electron chi connectivity index (χ4n) is 4.31. The summed E-state index contributed by atoms with van der Waals surface area (Å²) in [5.41, 5.74) is 0. The van der Waals surface area contributed by atoms with E-state index in [4.69, 9.17) is 9.84 Å². The number of hydrogen-bond acceptors (Lipinski definition) is 4. The molecule has 3 aliphatic rings. The topological polar surface area (TPSA) is 53.0 Å². The van der Waals surface area contributed by atoms with Crippen LogP contribution in [0.15, 0.2) is 0 Å². The second-order valence-electron chi connectivity index (χ2n) is 6.77. The van der Waals surface area contributed by atoms with Crippen LogP contribution in [-0.4, -0.2) is 72.4 Å². The molecule has 0 radical (unpaired) electrons. The van der Waals surface area contributed by atoms with Crippen LogP contribution in [0.5, 0.6) is 0 Å². The molecule has 20 heavy (non-hydrogen) atoms. The van der Waals surface area contributed by atoms with E-state index in [2.05, 4.69) is 16.8 Å². The van der Waals surface area contributed by atoms with Gasteiger partial charge >= 0.3 is 5.97 Å². The van der Waals surface area contributed by atoms with E-state index in [0.29, 0.717) is 30.5 Å². The summed E-state index contributed by atoms with van der Waals surface area (Å²) in [6.45, 7) is 3.92. The SMILES string of the molecule is CN1CCOC(CN2C3CCC2CC(CC(=O)O)C3)C1. The van der Waals surface area contributed by atoms with Gasteiger partial charge in [-0.15, -0.1) is 0 Å². The number of fused-ring (bicyclic) bond motifs is 2. The zero-order valence-electron chi connectivity index (χ0n) is 12.3. The van der Waals surface area contributed by atoms with E-state index in [1.807, 2.05) is 0 Å². The van der Waals surface area contributed by atoms with Gasteiger partial charge in [0.25, 0.3) is 0 Å². The second-order valence-corrected chi connectivity index (χ2v) is 6.77. The first-order valence-electron chi connectivity index (χ1n) is 7.89. The minimum atomic E-state index is -0.639. The maximum atomic E-state index is 10.9. The molecule has 0 aromatic carbocycles. The maximum Gasteiger partial charge on any atom is 0.303 e. The van der Waals surface area contributed by atoms with Crippen molar-refractivity contribution in [3.8, 4) is 0 Å². The summed E-state index contributed by atoms with van der Waals surface area (Å²) in [6.07, 6.45) is 5.28. The van der Waals surface area contributed by atoms with Crippen LogP contribution < -0.4 is 0 Å². The van der Waals surface area contributed by atoms with Crippen molar-refractivity contribution in [2.45, 2.75) is 50.3 Å². The summed E-state index contributed by atoms with van der Waals surface area (Å²) >= 11 is 0. The quantitative estimate of drug-likeness (QED) is 0.835. The van der Waals surface area contributed by atoms with E-state index in [1.165, 1.54) is 12.8 Å². The number of hydrogen-bond donors (Lipinski definition) is 1. The highest BCUT2D eigenvalue weighted by atomic mass is 16.5. The lowest BCUT2D eigenvalue weighted by Crippen LogP contribution is -2.51. The van der Waals surface area contributed by atoms with Gasteiger partial charge < -0.3 is 14.7 Å². The smallest absolute Gasteiger partial charge is 0.303 e. The molecule has 0 aliphatic carbocycles. The Kier molecular flexibility index (Phi) is 4.29. The van der Waals surface area contributed by atoms with Crippen LogP contribution in [0, 0.1) is 5.92 Å². The Morgan fingerprint density at radius 3 is 2.60 bits per heavy atom. The first-order valence-corrected chi connectivity index (χ1v) is 7.89. The van der Waals surface area contributed by atoms with Crippen molar-refractivity contribution in [2.24, 2.45) is 5.92 Å². The molecule has 3 atom stereocenters. The van der Waals surface area contributed by atoms with Crippen molar-refractivity contribution in [3.05, 3.63) is 0 Å². The van der Waals surface area contributed by atoms with Crippen molar-refractivity contribution in [3.63, 3.8) is 0 Å². The third-order valence-electron chi connectivity index (χ3n) is 5.20. The molecule has 3 heterocycles. The molecule has 3 rings (SSSR count). The van der Waals surface area contributed by atoms with E-state index in [-0.39, 0.29) is 0 Å². The molecule has 0 aromatic rings. The highest BCUT2D eigenvalue weighted by molar-refractivity contribution is 5.67. The Balaban J connectivity index is 1.55. The second kappa shape index (κ2) is 6.00. The minimum absolute atomic E-state index is 0.327. The first-order chi connectivity index (χ1) is 9.61. The summed E-state index contributed by atoms with van der Waals surface area (Å²) in [5.74, 6) is -0.253. The monoisotopic (exact) mass is 282 g/mol. The van der Waals surface area contributed by atoms with Crippen LogP contribution in [0.25, 0.3) is 0 Å². The summed E-state index contributed by atoms with van der Waals surface area (Å²) in [5, 5.41) is 8.98. The predicted octanol–water partition coefficient (Wildman–Crippen LogP) is 1.03. The number of morpholine rings is 1. The number of nitrogens with zero attached hydrogens (tertiary/aromatic N) is 2. The van der Waals surface area contributed by atoms with Crippen LogP contribution in [0.3, 0.4) is 0 Å². The molecule has 3 fully saturated rings. The molecule has 5 nitrogen and oxygen atoms in total. The number of ether oxygens (including phenoxy) is 1. The number of carboxylic acid groups (broad SMARTS) is 1. The van der Waals surface area contributed by atoms with Crippen molar-refractivity contribution in [2.75, 3.05) is 33.3 Å². The molecule has 0 spiro atoms. The van der Waals surface area contributed by atoms with Crippen LogP contribution in [0.2, 0.25) is 0 Å². The summed E-state index contributed by atoms with van der Waals surface area (Å²) in [4.78, 5) is 15.9. The highest BCUT2D eigenvalue weighted by Crippen LogP contribution is 2.40. The summed E-state index contributed by atoms with van der Waals surface area (Å²) in [7, 11) is 2.16. The Morgan fingerprint density at radius 1 is 1.30 bits per heavy atom. The summed E-state index contributed by atoms with van der Waals surface area (Å²) < 4.78 is 5.89. The van der Waals surface area contributed by atoms with E-state index < -0.39 is 5.97 Å². The van der Waals surface area contributed by atoms with Crippen molar-refractivity contribution in [1.82, 2.24) is 9.80 Å². The minimum Gasteiger partial charge on any atom is -0.481 e. The number of rotatable bonds is 4. The van der Waals surface area contributed by atoms with Crippen molar-refractivity contribution < 1.29 is 14.6 Å². The van der Waals surface area contributed by atoms with Gasteiger partial charge in [-0.05, 0) is 38.6 Å². The zero-order chi connectivity index (χ0) is 14.1. The molecule has 2 bridgehead atoms. The van der Waals surface area contributed by atoms with Crippen LogP contribution >= 0.6 is 0 Å². The predicted molar refractivity (Wildman–Crippen MR) is 75.7 cm³/mol. The average Bonchev–Trinajstić information content (AvgIpc) is 2.61. The number of carboxylic acids is 1. The largest absolute Gasteiger partial charge is 0.481 e. The lowest BCUT2D eigenvalue weighted by atomic mass is 9.88. The number of carbonyl (C=O) groups is 1. The average molecular weight is 282 g/mol. The van der Waals surface area contributed by atoms with Crippen LogP contribution in [-0.2, 0) is 9.53 Å². The van der Waals surface area contributed by atoms with Gasteiger partial charge in [-0.1, -0.05) is 0 Å². The van der Waals surface area contributed by atoms with E-state index >= 15 is 0 Å². The Morgan fingerprint density at radius 2 is 2.00 bits per heavy atom. The maximum absolute atomic E-state index is 10.9. The highest BCUT2D eigenvalue weighted by Gasteiger charge is 2.42. The molecular weight excluding hydrogens is 256 g/mol. The van der Waals surface area contributed by atoms with Crippen LogP contribution in [0.4, 0.5) is 0 Å². The van der Waals surface area contributed by atoms with Gasteiger partial charge in [0.2, 0.25) is 0 Å². The lowest BCUT2D eigenvalue weighted by Gasteiger charge is -2.41.